The average molecular weight is 210 g/mol. The molecule has 2 N–H and O–H groups in total. The number of carbonyl (C=O) groups excluding carboxylic acids is 1. The van der Waals surface area contributed by atoms with Gasteiger partial charge in [0.25, 0.3) is 0 Å². The lowest BCUT2D eigenvalue weighted by Gasteiger charge is -2.14. The summed E-state index contributed by atoms with van der Waals surface area (Å²) in [6, 6.07) is 3.02. The van der Waals surface area contributed by atoms with Gasteiger partial charge in [-0.05, 0) is 23.9 Å². The van der Waals surface area contributed by atoms with Crippen molar-refractivity contribution in [3.05, 3.63) is 17.8 Å². The number of nitrogens with zero attached hydrogens (tertiary/aromatic N) is 1. The molecule has 2 heterocycles. The third-order valence-corrected chi connectivity index (χ3v) is 2.59. The number of thioether (sulfide) groups is 1. The van der Waals surface area contributed by atoms with E-state index in [0.717, 1.165) is 11.8 Å². The monoisotopic (exact) mass is 210 g/mol. The fraction of sp³-hybridized carbons (Fsp3) is 0.125. The first-order valence-corrected chi connectivity index (χ1v) is 4.67. The van der Waals surface area contributed by atoms with E-state index in [-0.39, 0.29) is 17.4 Å². The van der Waals surface area contributed by atoms with Gasteiger partial charge in [-0.25, -0.2) is 9.78 Å². The van der Waals surface area contributed by atoms with Crippen molar-refractivity contribution in [3.8, 4) is 0 Å². The van der Waals surface area contributed by atoms with Gasteiger partial charge in [-0.2, -0.15) is 0 Å². The topological polar surface area (TPSA) is 79.3 Å². The maximum atomic E-state index is 11.0. The molecule has 5 nitrogen and oxygen atoms in total. The lowest BCUT2D eigenvalue weighted by molar-refractivity contribution is -0.109. The molecule has 72 valence electrons. The first kappa shape index (κ1) is 9.01. The summed E-state index contributed by atoms with van der Waals surface area (Å²) in [5.41, 5.74) is 0.660. The van der Waals surface area contributed by atoms with Gasteiger partial charge >= 0.3 is 5.97 Å². The van der Waals surface area contributed by atoms with E-state index in [1.54, 1.807) is 6.07 Å². The zero-order valence-corrected chi connectivity index (χ0v) is 7.80. The van der Waals surface area contributed by atoms with Crippen molar-refractivity contribution in [3.63, 3.8) is 0 Å². The second-order valence-corrected chi connectivity index (χ2v) is 3.73. The Bertz CT molecular complexity index is 419. The predicted molar refractivity (Wildman–Crippen MR) is 50.6 cm³/mol. The summed E-state index contributed by atoms with van der Waals surface area (Å²) in [6.07, 6.45) is 0. The highest BCUT2D eigenvalue weighted by atomic mass is 32.2. The normalized spacial score (nSPS) is 14.4. The molecular formula is C8H6N2O3S. The molecule has 1 aromatic heterocycles. The lowest BCUT2D eigenvalue weighted by atomic mass is 10.3. The van der Waals surface area contributed by atoms with Crippen LogP contribution in [0.3, 0.4) is 0 Å². The van der Waals surface area contributed by atoms with E-state index in [1.165, 1.54) is 6.07 Å². The minimum absolute atomic E-state index is 0.0484. The van der Waals surface area contributed by atoms with Crippen LogP contribution in [0.4, 0.5) is 5.69 Å². The van der Waals surface area contributed by atoms with Crippen LogP contribution in [0.25, 0.3) is 0 Å². The van der Waals surface area contributed by atoms with Crippen LogP contribution in [0.5, 0.6) is 0 Å². The van der Waals surface area contributed by atoms with Gasteiger partial charge in [0, 0.05) is 0 Å². The molecule has 0 fully saturated rings. The Labute approximate surface area is 83.5 Å². The molecule has 0 spiro atoms. The molecule has 1 aliphatic rings. The quantitative estimate of drug-likeness (QED) is 0.714. The summed E-state index contributed by atoms with van der Waals surface area (Å²) >= 11 is 0.968. The number of aromatic carboxylic acids is 1. The first-order valence-electron chi connectivity index (χ1n) is 3.86. The lowest BCUT2D eigenvalue weighted by Crippen LogP contribution is -2.17. The number of carbonyl (C=O) groups is 2. The van der Waals surface area contributed by atoms with E-state index < -0.39 is 5.97 Å². The van der Waals surface area contributed by atoms with Crippen LogP contribution in [-0.4, -0.2) is 27.7 Å². The highest BCUT2D eigenvalue weighted by Crippen LogP contribution is 2.29. The summed E-state index contributed by atoms with van der Waals surface area (Å²) in [7, 11) is 0. The Kier molecular flexibility index (Phi) is 2.12. The van der Waals surface area contributed by atoms with Crippen molar-refractivity contribution in [1.29, 1.82) is 0 Å². The standard InChI is InChI=1S/C8H6N2O3S/c11-6-3-9-4-1-2-5(8(12)13)10-7(4)14-6/h1-2,9H,3H2,(H,12,13). The van der Waals surface area contributed by atoms with Crippen LogP contribution >= 0.6 is 11.8 Å². The molecule has 0 aliphatic carbocycles. The van der Waals surface area contributed by atoms with Gasteiger partial charge in [-0.15, -0.1) is 0 Å². The van der Waals surface area contributed by atoms with Gasteiger partial charge in [0.2, 0.25) is 5.12 Å². The molecule has 14 heavy (non-hydrogen) atoms. The van der Waals surface area contributed by atoms with Gasteiger partial charge in [0.05, 0.1) is 12.2 Å². The van der Waals surface area contributed by atoms with Gasteiger partial charge < -0.3 is 10.4 Å². The SMILES string of the molecule is O=C1CNc2ccc(C(=O)O)nc2S1. The number of pyridine rings is 1. The molecule has 2 rings (SSSR count). The zero-order chi connectivity index (χ0) is 10.1. The number of anilines is 1. The van der Waals surface area contributed by atoms with Gasteiger partial charge in [-0.1, -0.05) is 0 Å². The number of hydrogen-bond acceptors (Lipinski definition) is 5. The zero-order valence-electron chi connectivity index (χ0n) is 6.98. The maximum Gasteiger partial charge on any atom is 0.354 e. The molecule has 0 saturated heterocycles. The largest absolute Gasteiger partial charge is 0.477 e. The van der Waals surface area contributed by atoms with E-state index in [9.17, 15) is 9.59 Å². The minimum Gasteiger partial charge on any atom is -0.477 e. The maximum absolute atomic E-state index is 11.0. The summed E-state index contributed by atoms with van der Waals surface area (Å²) in [5.74, 6) is -1.09. The summed E-state index contributed by atoms with van der Waals surface area (Å²) in [5, 5.41) is 11.9. The minimum atomic E-state index is -1.09. The molecule has 1 aliphatic heterocycles. The van der Waals surface area contributed by atoms with Crippen molar-refractivity contribution >= 4 is 28.5 Å². The first-order chi connectivity index (χ1) is 6.66. The molecule has 1 aromatic rings. The molecule has 0 bridgehead atoms. The Hall–Kier alpha value is -1.56. The number of fused-ring (bicyclic) bond motifs is 1. The molecule has 0 aromatic carbocycles. The van der Waals surface area contributed by atoms with Crippen LogP contribution < -0.4 is 5.32 Å². The van der Waals surface area contributed by atoms with Gasteiger partial charge in [0.15, 0.2) is 0 Å². The van der Waals surface area contributed by atoms with Crippen molar-refractivity contribution < 1.29 is 14.7 Å². The summed E-state index contributed by atoms with van der Waals surface area (Å²) < 4.78 is 0. The fourth-order valence-corrected chi connectivity index (χ4v) is 1.84. The third-order valence-electron chi connectivity index (χ3n) is 1.71. The smallest absolute Gasteiger partial charge is 0.354 e. The van der Waals surface area contributed by atoms with Crippen LogP contribution in [0.15, 0.2) is 17.2 Å². The van der Waals surface area contributed by atoms with E-state index in [4.69, 9.17) is 5.11 Å². The Morgan fingerprint density at radius 1 is 1.57 bits per heavy atom. The average Bonchev–Trinajstić information content (AvgIpc) is 2.16. The Balaban J connectivity index is 2.42. The van der Waals surface area contributed by atoms with E-state index in [1.807, 2.05) is 0 Å². The number of rotatable bonds is 1. The summed E-state index contributed by atoms with van der Waals surface area (Å²) in [6.45, 7) is 0.256. The number of carboxylic acids is 1. The molecule has 0 amide bonds. The molecule has 0 saturated carbocycles. The van der Waals surface area contributed by atoms with E-state index in [2.05, 4.69) is 10.3 Å². The van der Waals surface area contributed by atoms with Crippen molar-refractivity contribution in [2.75, 3.05) is 11.9 Å². The fourth-order valence-electron chi connectivity index (χ4n) is 1.08. The molecule has 0 radical (unpaired) electrons. The van der Waals surface area contributed by atoms with Gasteiger partial charge in [0.1, 0.15) is 10.7 Å². The molecule has 0 unspecified atom stereocenters. The van der Waals surface area contributed by atoms with Crippen LogP contribution in [0.1, 0.15) is 10.5 Å². The van der Waals surface area contributed by atoms with E-state index in [0.29, 0.717) is 10.7 Å². The van der Waals surface area contributed by atoms with Crippen molar-refractivity contribution in [1.82, 2.24) is 4.98 Å². The number of nitrogens with one attached hydrogen (secondary N) is 1. The highest BCUT2D eigenvalue weighted by Gasteiger charge is 2.18. The number of carboxylic acid groups (broad SMARTS) is 1. The Morgan fingerprint density at radius 3 is 3.07 bits per heavy atom. The second kappa shape index (κ2) is 3.30. The van der Waals surface area contributed by atoms with Crippen LogP contribution in [-0.2, 0) is 4.79 Å². The summed E-state index contributed by atoms with van der Waals surface area (Å²) in [4.78, 5) is 25.5. The van der Waals surface area contributed by atoms with Crippen molar-refractivity contribution in [2.45, 2.75) is 5.03 Å². The predicted octanol–water partition coefficient (Wildman–Crippen LogP) is 0.824. The molecule has 0 atom stereocenters. The molecular weight excluding hydrogens is 204 g/mol. The number of aromatic nitrogens is 1. The highest BCUT2D eigenvalue weighted by molar-refractivity contribution is 8.13. The van der Waals surface area contributed by atoms with E-state index >= 15 is 0 Å². The van der Waals surface area contributed by atoms with Crippen LogP contribution in [0, 0.1) is 0 Å². The third kappa shape index (κ3) is 1.56. The Morgan fingerprint density at radius 2 is 2.36 bits per heavy atom. The van der Waals surface area contributed by atoms with Crippen LogP contribution in [0.2, 0.25) is 0 Å². The molecule has 6 heteroatoms. The van der Waals surface area contributed by atoms with Crippen molar-refractivity contribution in [2.24, 2.45) is 0 Å². The second-order valence-electron chi connectivity index (χ2n) is 2.68. The number of hydrogen-bond donors (Lipinski definition) is 2. The van der Waals surface area contributed by atoms with Gasteiger partial charge in [-0.3, -0.25) is 4.79 Å².